The minimum Gasteiger partial charge on any atom is -0.327 e. The number of thioether (sulfide) groups is 1. The fraction of sp³-hybridized carbons (Fsp3) is 0.333. The van der Waals surface area contributed by atoms with Crippen molar-refractivity contribution >= 4 is 11.8 Å². The van der Waals surface area contributed by atoms with Gasteiger partial charge in [-0.2, -0.15) is 4.98 Å². The number of hydrogen-bond donors (Lipinski definition) is 0. The van der Waals surface area contributed by atoms with Crippen LogP contribution >= 0.6 is 11.8 Å². The predicted molar refractivity (Wildman–Crippen MR) is 77.4 cm³/mol. The molecule has 0 aliphatic heterocycles. The van der Waals surface area contributed by atoms with Crippen LogP contribution in [0.3, 0.4) is 0 Å². The van der Waals surface area contributed by atoms with Crippen LogP contribution in [0.5, 0.6) is 0 Å². The molecule has 0 spiro atoms. The molecule has 1 aliphatic rings. The second-order valence-corrected chi connectivity index (χ2v) is 5.98. The van der Waals surface area contributed by atoms with E-state index in [1.54, 1.807) is 0 Å². The first-order chi connectivity index (χ1) is 10.1. The van der Waals surface area contributed by atoms with Gasteiger partial charge in [-0.1, -0.05) is 23.9 Å². The number of aromatic nitrogens is 2. The SMILES string of the molecule is Cn1c(SCc2cccc(F)c2F)nc(=O)c2c1CCC2. The normalized spacial score (nSPS) is 13.5. The van der Waals surface area contributed by atoms with Crippen LogP contribution in [-0.2, 0) is 25.6 Å². The van der Waals surface area contributed by atoms with E-state index in [1.807, 2.05) is 11.6 Å². The van der Waals surface area contributed by atoms with Gasteiger partial charge in [-0.25, -0.2) is 8.78 Å². The Balaban J connectivity index is 1.88. The number of rotatable bonds is 3. The lowest BCUT2D eigenvalue weighted by atomic mass is 10.2. The Hall–Kier alpha value is -1.69. The average Bonchev–Trinajstić information content (AvgIpc) is 2.95. The summed E-state index contributed by atoms with van der Waals surface area (Å²) in [4.78, 5) is 16.0. The maximum atomic E-state index is 13.6. The molecule has 21 heavy (non-hydrogen) atoms. The molecule has 2 aromatic rings. The Labute approximate surface area is 125 Å². The van der Waals surface area contributed by atoms with Crippen LogP contribution in [-0.4, -0.2) is 9.55 Å². The molecule has 0 amide bonds. The maximum absolute atomic E-state index is 13.6. The van der Waals surface area contributed by atoms with Crippen molar-refractivity contribution in [2.24, 2.45) is 7.05 Å². The molecule has 1 aromatic carbocycles. The minimum absolute atomic E-state index is 0.192. The van der Waals surface area contributed by atoms with Gasteiger partial charge in [0.1, 0.15) is 0 Å². The standard InChI is InChI=1S/C15H14F2N2OS/c1-19-12-7-3-5-10(12)14(20)18-15(19)21-8-9-4-2-6-11(16)13(9)17/h2,4,6H,3,5,7-8H2,1H3. The summed E-state index contributed by atoms with van der Waals surface area (Å²) in [5, 5.41) is 0.546. The summed E-state index contributed by atoms with van der Waals surface area (Å²) in [6, 6.07) is 4.10. The second-order valence-electron chi connectivity index (χ2n) is 5.04. The summed E-state index contributed by atoms with van der Waals surface area (Å²) >= 11 is 1.25. The molecule has 1 aliphatic carbocycles. The zero-order chi connectivity index (χ0) is 15.0. The largest absolute Gasteiger partial charge is 0.327 e. The molecular weight excluding hydrogens is 294 g/mol. The molecule has 110 valence electrons. The number of halogens is 2. The molecule has 3 rings (SSSR count). The van der Waals surface area contributed by atoms with Gasteiger partial charge in [0.25, 0.3) is 5.56 Å². The monoisotopic (exact) mass is 308 g/mol. The van der Waals surface area contributed by atoms with Crippen molar-refractivity contribution in [3.05, 3.63) is 57.0 Å². The molecule has 0 unspecified atom stereocenters. The smallest absolute Gasteiger partial charge is 0.277 e. The quantitative estimate of drug-likeness (QED) is 0.646. The van der Waals surface area contributed by atoms with Gasteiger partial charge in [0.2, 0.25) is 0 Å². The lowest BCUT2D eigenvalue weighted by Gasteiger charge is -2.12. The van der Waals surface area contributed by atoms with Gasteiger partial charge in [-0.05, 0) is 25.3 Å². The van der Waals surface area contributed by atoms with Gasteiger partial charge >= 0.3 is 0 Å². The first-order valence-electron chi connectivity index (χ1n) is 6.72. The molecule has 0 saturated heterocycles. The van der Waals surface area contributed by atoms with E-state index in [1.165, 1.54) is 23.9 Å². The van der Waals surface area contributed by atoms with E-state index in [4.69, 9.17) is 0 Å². The average molecular weight is 308 g/mol. The maximum Gasteiger partial charge on any atom is 0.277 e. The Bertz CT molecular complexity index is 758. The molecule has 0 radical (unpaired) electrons. The van der Waals surface area contributed by atoms with E-state index >= 15 is 0 Å². The minimum atomic E-state index is -0.857. The number of nitrogens with zero attached hydrogens (tertiary/aromatic N) is 2. The molecule has 0 N–H and O–H groups in total. The lowest BCUT2D eigenvalue weighted by Crippen LogP contribution is -2.19. The molecule has 0 atom stereocenters. The summed E-state index contributed by atoms with van der Waals surface area (Å²) < 4.78 is 28.7. The van der Waals surface area contributed by atoms with Gasteiger partial charge in [0.05, 0.1) is 0 Å². The highest BCUT2D eigenvalue weighted by Crippen LogP contribution is 2.26. The van der Waals surface area contributed by atoms with Crippen LogP contribution in [0.4, 0.5) is 8.78 Å². The molecule has 0 saturated carbocycles. The number of fused-ring (bicyclic) bond motifs is 1. The van der Waals surface area contributed by atoms with E-state index in [2.05, 4.69) is 4.98 Å². The number of benzene rings is 1. The van der Waals surface area contributed by atoms with Crippen molar-refractivity contribution in [2.45, 2.75) is 30.2 Å². The zero-order valence-electron chi connectivity index (χ0n) is 11.5. The van der Waals surface area contributed by atoms with E-state index in [9.17, 15) is 13.6 Å². The van der Waals surface area contributed by atoms with Gasteiger partial charge < -0.3 is 4.57 Å². The van der Waals surface area contributed by atoms with Crippen molar-refractivity contribution in [3.8, 4) is 0 Å². The Morgan fingerprint density at radius 3 is 2.95 bits per heavy atom. The molecule has 6 heteroatoms. The van der Waals surface area contributed by atoms with Crippen LogP contribution in [0.25, 0.3) is 0 Å². The van der Waals surface area contributed by atoms with Crippen molar-refractivity contribution in [1.29, 1.82) is 0 Å². The second kappa shape index (κ2) is 5.60. The summed E-state index contributed by atoms with van der Waals surface area (Å²) in [7, 11) is 1.86. The van der Waals surface area contributed by atoms with E-state index in [0.717, 1.165) is 36.6 Å². The van der Waals surface area contributed by atoms with E-state index < -0.39 is 11.6 Å². The first kappa shape index (κ1) is 14.3. The van der Waals surface area contributed by atoms with Crippen LogP contribution in [0.15, 0.2) is 28.2 Å². The highest BCUT2D eigenvalue weighted by molar-refractivity contribution is 7.98. The third-order valence-corrected chi connectivity index (χ3v) is 4.80. The van der Waals surface area contributed by atoms with Crippen molar-refractivity contribution in [3.63, 3.8) is 0 Å². The van der Waals surface area contributed by atoms with E-state index in [0.29, 0.717) is 5.16 Å². The third-order valence-electron chi connectivity index (χ3n) is 3.72. The molecule has 1 heterocycles. The fourth-order valence-corrected chi connectivity index (χ4v) is 3.56. The highest BCUT2D eigenvalue weighted by Gasteiger charge is 2.20. The number of hydrogen-bond acceptors (Lipinski definition) is 3. The van der Waals surface area contributed by atoms with Crippen LogP contribution < -0.4 is 5.56 Å². The van der Waals surface area contributed by atoms with Gasteiger partial charge in [0.15, 0.2) is 16.8 Å². The summed E-state index contributed by atoms with van der Waals surface area (Å²) in [6.45, 7) is 0. The first-order valence-corrected chi connectivity index (χ1v) is 7.71. The Kier molecular flexibility index (Phi) is 3.80. The molecule has 1 aromatic heterocycles. The molecule has 3 nitrogen and oxygen atoms in total. The fourth-order valence-electron chi connectivity index (χ4n) is 2.60. The van der Waals surface area contributed by atoms with Crippen molar-refractivity contribution in [1.82, 2.24) is 9.55 Å². The lowest BCUT2D eigenvalue weighted by molar-refractivity contribution is 0.502. The molecule has 0 bridgehead atoms. The van der Waals surface area contributed by atoms with Crippen LogP contribution in [0.1, 0.15) is 23.2 Å². The Morgan fingerprint density at radius 1 is 1.33 bits per heavy atom. The zero-order valence-corrected chi connectivity index (χ0v) is 12.3. The summed E-state index contributed by atoms with van der Waals surface area (Å²) in [5.74, 6) is -1.46. The van der Waals surface area contributed by atoms with Gasteiger partial charge in [-0.15, -0.1) is 0 Å². The predicted octanol–water partition coefficient (Wildman–Crippen LogP) is 2.84. The third kappa shape index (κ3) is 2.60. The van der Waals surface area contributed by atoms with E-state index in [-0.39, 0.29) is 16.9 Å². The molecular formula is C15H14F2N2OS. The van der Waals surface area contributed by atoms with Gasteiger partial charge in [-0.3, -0.25) is 4.79 Å². The van der Waals surface area contributed by atoms with Crippen molar-refractivity contribution < 1.29 is 8.78 Å². The van der Waals surface area contributed by atoms with Gasteiger partial charge in [0, 0.05) is 29.6 Å². The summed E-state index contributed by atoms with van der Waals surface area (Å²) in [6.07, 6.45) is 2.61. The topological polar surface area (TPSA) is 34.9 Å². The van der Waals surface area contributed by atoms with Crippen LogP contribution in [0.2, 0.25) is 0 Å². The van der Waals surface area contributed by atoms with Crippen molar-refractivity contribution in [2.75, 3.05) is 0 Å². The highest BCUT2D eigenvalue weighted by atomic mass is 32.2. The van der Waals surface area contributed by atoms with Crippen LogP contribution in [0, 0.1) is 11.6 Å². The molecule has 0 fully saturated rings. The Morgan fingerprint density at radius 2 is 2.14 bits per heavy atom. The summed E-state index contributed by atoms with van der Waals surface area (Å²) in [5.41, 5.74) is 1.88.